The average molecular weight is 818 g/mol. The number of carboxylic acid groups (broad SMARTS) is 1. The number of ether oxygens (including phenoxy) is 2. The van der Waals surface area contributed by atoms with Gasteiger partial charge in [-0.2, -0.15) is 0 Å². The van der Waals surface area contributed by atoms with Crippen molar-refractivity contribution in [1.29, 1.82) is 0 Å². The first-order valence-corrected chi connectivity index (χ1v) is 24.2. The van der Waals surface area contributed by atoms with E-state index in [1.54, 1.807) is 0 Å². The van der Waals surface area contributed by atoms with Crippen LogP contribution in [0.5, 0.6) is 0 Å². The molecule has 0 saturated carbocycles. The number of carbonyl (C=O) groups excluding carboxylic acids is 2. The second-order valence-corrected chi connectivity index (χ2v) is 17.0. The van der Waals surface area contributed by atoms with Gasteiger partial charge in [0, 0.05) is 12.8 Å². The molecule has 0 spiro atoms. The summed E-state index contributed by atoms with van der Waals surface area (Å²) in [4.78, 5) is 46.0. The summed E-state index contributed by atoms with van der Waals surface area (Å²) in [7, 11) is -4.71. The molecule has 0 aliphatic rings. The highest BCUT2D eigenvalue weighted by Gasteiger charge is 2.28. The van der Waals surface area contributed by atoms with E-state index in [0.29, 0.717) is 12.8 Å². The molecule has 0 aliphatic heterocycles. The Hall–Kier alpha value is -1.78. The van der Waals surface area contributed by atoms with Gasteiger partial charge in [0.05, 0.1) is 13.2 Å². The first kappa shape index (κ1) is 54.2. The fourth-order valence-electron chi connectivity index (χ4n) is 6.41. The number of nitrogens with two attached hydrogens (primary N) is 1. The Balaban J connectivity index is 4.32. The van der Waals surface area contributed by atoms with Gasteiger partial charge >= 0.3 is 25.7 Å². The molecule has 0 bridgehead atoms. The summed E-state index contributed by atoms with van der Waals surface area (Å²) >= 11 is 0. The van der Waals surface area contributed by atoms with Crippen molar-refractivity contribution in [1.82, 2.24) is 0 Å². The van der Waals surface area contributed by atoms with E-state index in [4.69, 9.17) is 24.8 Å². The highest BCUT2D eigenvalue weighted by Crippen LogP contribution is 2.43. The Labute approximate surface area is 341 Å². The van der Waals surface area contributed by atoms with Crippen LogP contribution >= 0.6 is 7.82 Å². The van der Waals surface area contributed by atoms with Gasteiger partial charge in [0.25, 0.3) is 0 Å². The predicted octanol–water partition coefficient (Wildman–Crippen LogP) is 12.1. The second-order valence-electron chi connectivity index (χ2n) is 15.5. The third-order valence-electron chi connectivity index (χ3n) is 10.0. The molecule has 0 aromatic heterocycles. The van der Waals surface area contributed by atoms with Gasteiger partial charge in [-0.1, -0.05) is 180 Å². The summed E-state index contributed by atoms with van der Waals surface area (Å²) in [6.07, 6.45) is 39.8. The van der Waals surface area contributed by atoms with Gasteiger partial charge in [0.15, 0.2) is 6.10 Å². The van der Waals surface area contributed by atoms with E-state index in [-0.39, 0.29) is 19.4 Å². The van der Waals surface area contributed by atoms with Crippen LogP contribution in [0.25, 0.3) is 0 Å². The topological polar surface area (TPSA) is 172 Å². The number of aliphatic carboxylic acids is 1. The minimum Gasteiger partial charge on any atom is -0.480 e. The molecule has 1 unspecified atom stereocenters. The van der Waals surface area contributed by atoms with Crippen molar-refractivity contribution in [3.8, 4) is 0 Å². The van der Waals surface area contributed by atoms with Crippen LogP contribution in [0, 0.1) is 0 Å². The molecule has 0 radical (unpaired) electrons. The summed E-state index contributed by atoms with van der Waals surface area (Å²) in [5.41, 5.74) is 5.34. The predicted molar refractivity (Wildman–Crippen MR) is 226 cm³/mol. The number of phosphoric ester groups is 1. The first-order valence-electron chi connectivity index (χ1n) is 22.7. The maximum absolute atomic E-state index is 12.6. The van der Waals surface area contributed by atoms with E-state index in [2.05, 4.69) is 30.5 Å². The molecule has 0 saturated heterocycles. The van der Waals surface area contributed by atoms with Gasteiger partial charge in [0.2, 0.25) is 0 Å². The van der Waals surface area contributed by atoms with Crippen LogP contribution in [0.3, 0.4) is 0 Å². The Morgan fingerprint density at radius 3 is 1.30 bits per heavy atom. The van der Waals surface area contributed by atoms with Gasteiger partial charge in [-0.3, -0.25) is 23.4 Å². The number of esters is 2. The molecule has 11 nitrogen and oxygen atoms in total. The third kappa shape index (κ3) is 39.1. The average Bonchev–Trinajstić information content (AvgIpc) is 3.17. The molecule has 0 amide bonds. The number of carboxylic acids is 1. The molecule has 56 heavy (non-hydrogen) atoms. The molecule has 0 aromatic rings. The first-order chi connectivity index (χ1) is 27.1. The Kier molecular flexibility index (Phi) is 38.7. The minimum atomic E-state index is -4.71. The molecule has 0 heterocycles. The lowest BCUT2D eigenvalue weighted by Crippen LogP contribution is -2.34. The van der Waals surface area contributed by atoms with Gasteiger partial charge in [0.1, 0.15) is 12.6 Å². The van der Waals surface area contributed by atoms with Crippen LogP contribution < -0.4 is 5.73 Å². The van der Waals surface area contributed by atoms with Crippen molar-refractivity contribution >= 4 is 25.7 Å². The maximum Gasteiger partial charge on any atom is 0.472 e. The minimum absolute atomic E-state index is 0.165. The number of rotatable bonds is 43. The molecular formula is C44H84NO10P. The van der Waals surface area contributed by atoms with E-state index in [0.717, 1.165) is 57.8 Å². The van der Waals surface area contributed by atoms with Gasteiger partial charge < -0.3 is 25.2 Å². The Bertz CT molecular complexity index is 1010. The fourth-order valence-corrected chi connectivity index (χ4v) is 7.19. The van der Waals surface area contributed by atoms with Crippen LogP contribution in [-0.2, 0) is 37.5 Å². The number of unbranched alkanes of at least 4 members (excludes halogenated alkanes) is 27. The lowest BCUT2D eigenvalue weighted by Gasteiger charge is -2.20. The summed E-state index contributed by atoms with van der Waals surface area (Å²) in [5.74, 6) is -2.37. The fraction of sp³-hybridized carbons (Fsp3) is 0.886. The van der Waals surface area contributed by atoms with Crippen LogP contribution in [0.1, 0.15) is 219 Å². The summed E-state index contributed by atoms with van der Waals surface area (Å²) in [6, 6.07) is -1.52. The molecule has 0 aromatic carbocycles. The monoisotopic (exact) mass is 818 g/mol. The molecule has 0 fully saturated rings. The maximum atomic E-state index is 12.6. The number of carbonyl (C=O) groups is 3. The molecule has 12 heteroatoms. The van der Waals surface area contributed by atoms with Crippen LogP contribution in [0.15, 0.2) is 12.2 Å². The van der Waals surface area contributed by atoms with E-state index < -0.39 is 51.1 Å². The summed E-state index contributed by atoms with van der Waals surface area (Å²) in [5, 5.41) is 8.89. The molecule has 3 atom stereocenters. The van der Waals surface area contributed by atoms with E-state index in [9.17, 15) is 23.8 Å². The number of hydrogen-bond acceptors (Lipinski definition) is 9. The SMILES string of the molecule is CCCCCCCC/C=C\CCCCCCCC(=O)OC[C@H](COP(=O)(O)OC[C@H](N)C(=O)O)OC(=O)CCCCCCCCCCCCCCCCCCC. The molecule has 0 rings (SSSR count). The lowest BCUT2D eigenvalue weighted by molar-refractivity contribution is -0.161. The molecule has 0 aliphatic carbocycles. The zero-order valence-electron chi connectivity index (χ0n) is 35.7. The number of allylic oxidation sites excluding steroid dienone is 2. The van der Waals surface area contributed by atoms with Crippen molar-refractivity contribution in [2.24, 2.45) is 5.73 Å². The van der Waals surface area contributed by atoms with Gasteiger partial charge in [-0.05, 0) is 38.5 Å². The number of hydrogen-bond donors (Lipinski definition) is 3. The normalized spacial score (nSPS) is 13.8. The summed E-state index contributed by atoms with van der Waals surface area (Å²) < 4.78 is 32.7. The Morgan fingerprint density at radius 2 is 0.893 bits per heavy atom. The van der Waals surface area contributed by atoms with Crippen LogP contribution in [0.2, 0.25) is 0 Å². The summed E-state index contributed by atoms with van der Waals surface area (Å²) in [6.45, 7) is 2.82. The molecular weight excluding hydrogens is 733 g/mol. The van der Waals surface area contributed by atoms with Crippen molar-refractivity contribution < 1.29 is 47.5 Å². The Morgan fingerprint density at radius 1 is 0.536 bits per heavy atom. The van der Waals surface area contributed by atoms with Crippen molar-refractivity contribution in [2.75, 3.05) is 19.8 Å². The highest BCUT2D eigenvalue weighted by molar-refractivity contribution is 7.47. The third-order valence-corrected chi connectivity index (χ3v) is 11.0. The smallest absolute Gasteiger partial charge is 0.472 e. The van der Waals surface area contributed by atoms with Crippen LogP contribution in [-0.4, -0.2) is 59.9 Å². The van der Waals surface area contributed by atoms with Gasteiger partial charge in [-0.25, -0.2) is 4.57 Å². The zero-order valence-corrected chi connectivity index (χ0v) is 36.6. The zero-order chi connectivity index (χ0) is 41.4. The lowest BCUT2D eigenvalue weighted by atomic mass is 10.0. The van der Waals surface area contributed by atoms with E-state index in [1.165, 1.54) is 122 Å². The quantitative estimate of drug-likeness (QED) is 0.0231. The van der Waals surface area contributed by atoms with Gasteiger partial charge in [-0.15, -0.1) is 0 Å². The van der Waals surface area contributed by atoms with Crippen molar-refractivity contribution in [3.05, 3.63) is 12.2 Å². The van der Waals surface area contributed by atoms with E-state index >= 15 is 0 Å². The molecule has 330 valence electrons. The van der Waals surface area contributed by atoms with Crippen LogP contribution in [0.4, 0.5) is 0 Å². The number of phosphoric acid groups is 1. The van der Waals surface area contributed by atoms with Crippen molar-refractivity contribution in [3.63, 3.8) is 0 Å². The molecule has 4 N–H and O–H groups in total. The largest absolute Gasteiger partial charge is 0.480 e. The standard InChI is InChI=1S/C44H84NO10P/c1-3-5-7-9-11-13-15-17-19-20-22-24-26-28-30-32-34-36-43(47)55-40(38-53-56(50,51)54-39-41(45)44(48)49)37-52-42(46)35-33-31-29-27-25-23-21-18-16-14-12-10-8-6-4-2/h18,21,40-41H,3-17,19-20,22-39,45H2,1-2H3,(H,48,49)(H,50,51)/b21-18-/t40-,41+/m1/s1. The van der Waals surface area contributed by atoms with E-state index in [1.807, 2.05) is 0 Å². The van der Waals surface area contributed by atoms with Crippen molar-refractivity contribution in [2.45, 2.75) is 231 Å². The highest BCUT2D eigenvalue weighted by atomic mass is 31.2. The second kappa shape index (κ2) is 40.0.